The highest BCUT2D eigenvalue weighted by Crippen LogP contribution is 2.22. The maximum Gasteiger partial charge on any atom is 0.214 e. The summed E-state index contributed by atoms with van der Waals surface area (Å²) in [6, 6.07) is 15.0. The molecule has 0 radical (unpaired) electrons. The maximum atomic E-state index is 12.4. The van der Waals surface area contributed by atoms with Gasteiger partial charge in [0.15, 0.2) is 5.78 Å². The molecule has 0 amide bonds. The van der Waals surface area contributed by atoms with Gasteiger partial charge in [-0.15, -0.1) is 5.10 Å². The Morgan fingerprint density at radius 3 is 2.64 bits per heavy atom. The monoisotopic (exact) mass is 354 g/mol. The number of carbonyl (C=O) groups is 1. The molecule has 0 atom stereocenters. The SMILES string of the molecule is CCOc1ccc(C(=O)CSc2nnnn2-c2ccccc2C)cc1. The Hall–Kier alpha value is -2.67. The topological polar surface area (TPSA) is 69.9 Å². The number of hydrogen-bond donors (Lipinski definition) is 0. The van der Waals surface area contributed by atoms with E-state index in [1.54, 1.807) is 28.9 Å². The number of tetrazole rings is 1. The minimum atomic E-state index is 0.0207. The third-order valence-electron chi connectivity index (χ3n) is 3.60. The first-order valence-corrected chi connectivity index (χ1v) is 8.91. The number of ketones is 1. The van der Waals surface area contributed by atoms with Crippen molar-refractivity contribution in [3.8, 4) is 11.4 Å². The van der Waals surface area contributed by atoms with Crippen LogP contribution >= 0.6 is 11.8 Å². The number of aromatic nitrogens is 4. The van der Waals surface area contributed by atoms with E-state index in [9.17, 15) is 4.79 Å². The van der Waals surface area contributed by atoms with Crippen LogP contribution in [-0.4, -0.2) is 38.4 Å². The molecule has 0 fully saturated rings. The zero-order valence-corrected chi connectivity index (χ0v) is 14.9. The van der Waals surface area contributed by atoms with Gasteiger partial charge in [-0.1, -0.05) is 30.0 Å². The van der Waals surface area contributed by atoms with E-state index in [0.29, 0.717) is 17.3 Å². The highest BCUT2D eigenvalue weighted by molar-refractivity contribution is 7.99. The second kappa shape index (κ2) is 7.94. The number of nitrogens with zero attached hydrogens (tertiary/aromatic N) is 4. The largest absolute Gasteiger partial charge is 0.494 e. The summed E-state index contributed by atoms with van der Waals surface area (Å²) < 4.78 is 7.05. The number of rotatable bonds is 7. The summed E-state index contributed by atoms with van der Waals surface area (Å²) in [4.78, 5) is 12.4. The van der Waals surface area contributed by atoms with E-state index in [0.717, 1.165) is 17.0 Å². The van der Waals surface area contributed by atoms with E-state index >= 15 is 0 Å². The minimum absolute atomic E-state index is 0.0207. The van der Waals surface area contributed by atoms with Crippen molar-refractivity contribution < 1.29 is 9.53 Å². The van der Waals surface area contributed by atoms with Gasteiger partial charge in [0.1, 0.15) is 5.75 Å². The molecule has 2 aromatic carbocycles. The lowest BCUT2D eigenvalue weighted by Gasteiger charge is -2.07. The summed E-state index contributed by atoms with van der Waals surface area (Å²) in [6.45, 7) is 4.52. The number of hydrogen-bond acceptors (Lipinski definition) is 6. The van der Waals surface area contributed by atoms with Crippen molar-refractivity contribution >= 4 is 17.5 Å². The molecule has 0 aliphatic carbocycles. The summed E-state index contributed by atoms with van der Waals surface area (Å²) in [6.07, 6.45) is 0. The molecule has 0 bridgehead atoms. The second-order valence-corrected chi connectivity index (χ2v) is 6.27. The molecule has 0 spiro atoms. The van der Waals surface area contributed by atoms with E-state index in [1.165, 1.54) is 11.8 Å². The average molecular weight is 354 g/mol. The van der Waals surface area contributed by atoms with Gasteiger partial charge in [-0.2, -0.15) is 4.68 Å². The van der Waals surface area contributed by atoms with Crippen LogP contribution in [-0.2, 0) is 0 Å². The predicted molar refractivity (Wildman–Crippen MR) is 96.6 cm³/mol. The first-order valence-electron chi connectivity index (χ1n) is 7.92. The van der Waals surface area contributed by atoms with Crippen molar-refractivity contribution in [2.75, 3.05) is 12.4 Å². The standard InChI is InChI=1S/C18H18N4O2S/c1-3-24-15-10-8-14(9-11-15)17(23)12-25-18-19-20-21-22(18)16-7-5-4-6-13(16)2/h4-11H,3,12H2,1-2H3. The molecule has 0 N–H and O–H groups in total. The van der Waals surface area contributed by atoms with Gasteiger partial charge in [0.2, 0.25) is 5.16 Å². The molecule has 0 unspecified atom stereocenters. The van der Waals surface area contributed by atoms with Crippen molar-refractivity contribution in [3.05, 3.63) is 59.7 Å². The molecule has 6 nitrogen and oxygen atoms in total. The summed E-state index contributed by atoms with van der Waals surface area (Å²) in [5.41, 5.74) is 2.61. The molecule has 1 aromatic heterocycles. The number of para-hydroxylation sites is 1. The number of carbonyl (C=O) groups excluding carboxylic acids is 1. The Morgan fingerprint density at radius 2 is 1.92 bits per heavy atom. The van der Waals surface area contributed by atoms with Crippen LogP contribution in [0.25, 0.3) is 5.69 Å². The van der Waals surface area contributed by atoms with Crippen LogP contribution in [0.3, 0.4) is 0 Å². The van der Waals surface area contributed by atoms with E-state index in [4.69, 9.17) is 4.74 Å². The highest BCUT2D eigenvalue weighted by Gasteiger charge is 2.14. The van der Waals surface area contributed by atoms with Crippen LogP contribution in [0.15, 0.2) is 53.7 Å². The van der Waals surface area contributed by atoms with E-state index < -0.39 is 0 Å². The Bertz CT molecular complexity index is 862. The summed E-state index contributed by atoms with van der Waals surface area (Å²) in [5.74, 6) is 1.04. The van der Waals surface area contributed by atoms with Gasteiger partial charge < -0.3 is 4.74 Å². The molecule has 7 heteroatoms. The Balaban J connectivity index is 1.69. The van der Waals surface area contributed by atoms with Crippen LogP contribution in [0, 0.1) is 6.92 Å². The van der Waals surface area contributed by atoms with Crippen LogP contribution in [0.4, 0.5) is 0 Å². The fourth-order valence-electron chi connectivity index (χ4n) is 2.34. The average Bonchev–Trinajstić information content (AvgIpc) is 3.09. The van der Waals surface area contributed by atoms with Gasteiger partial charge in [0.05, 0.1) is 18.0 Å². The first-order chi connectivity index (χ1) is 12.2. The lowest BCUT2D eigenvalue weighted by Crippen LogP contribution is -2.06. The van der Waals surface area contributed by atoms with Gasteiger partial charge in [-0.25, -0.2) is 0 Å². The zero-order chi connectivity index (χ0) is 17.6. The quantitative estimate of drug-likeness (QED) is 0.479. The van der Waals surface area contributed by atoms with Crippen LogP contribution < -0.4 is 4.74 Å². The molecule has 0 saturated heterocycles. The van der Waals surface area contributed by atoms with Gasteiger partial charge >= 0.3 is 0 Å². The molecule has 0 saturated carbocycles. The molecule has 3 aromatic rings. The third kappa shape index (κ3) is 4.06. The Kier molecular flexibility index (Phi) is 5.45. The fourth-order valence-corrected chi connectivity index (χ4v) is 3.12. The molecule has 128 valence electrons. The second-order valence-electron chi connectivity index (χ2n) is 5.33. The summed E-state index contributed by atoms with van der Waals surface area (Å²) in [7, 11) is 0. The van der Waals surface area contributed by atoms with Crippen LogP contribution in [0.2, 0.25) is 0 Å². The van der Waals surface area contributed by atoms with Crippen LogP contribution in [0.5, 0.6) is 5.75 Å². The predicted octanol–water partition coefficient (Wildman–Crippen LogP) is 3.34. The van der Waals surface area contributed by atoms with Crippen molar-refractivity contribution in [3.63, 3.8) is 0 Å². The lowest BCUT2D eigenvalue weighted by molar-refractivity contribution is 0.102. The smallest absolute Gasteiger partial charge is 0.214 e. The molecule has 0 aliphatic heterocycles. The van der Waals surface area contributed by atoms with Crippen molar-refractivity contribution in [1.82, 2.24) is 20.2 Å². The van der Waals surface area contributed by atoms with E-state index in [1.807, 2.05) is 38.1 Å². The number of aryl methyl sites for hydroxylation is 1. The van der Waals surface area contributed by atoms with Crippen molar-refractivity contribution in [2.45, 2.75) is 19.0 Å². The van der Waals surface area contributed by atoms with Gasteiger partial charge in [-0.3, -0.25) is 4.79 Å². The normalized spacial score (nSPS) is 10.6. The zero-order valence-electron chi connectivity index (χ0n) is 14.0. The molecule has 3 rings (SSSR count). The van der Waals surface area contributed by atoms with E-state index in [-0.39, 0.29) is 11.5 Å². The maximum absolute atomic E-state index is 12.4. The highest BCUT2D eigenvalue weighted by atomic mass is 32.2. The fraction of sp³-hybridized carbons (Fsp3) is 0.222. The molecular formula is C18H18N4O2S. The third-order valence-corrected chi connectivity index (χ3v) is 4.52. The summed E-state index contributed by atoms with van der Waals surface area (Å²) in [5, 5.41) is 12.4. The molecule has 1 heterocycles. The number of thioether (sulfide) groups is 1. The number of Topliss-reactive ketones (excluding diaryl/α,β-unsaturated/α-hetero) is 1. The Labute approximate surface area is 150 Å². The van der Waals surface area contributed by atoms with Crippen molar-refractivity contribution in [1.29, 1.82) is 0 Å². The number of benzene rings is 2. The van der Waals surface area contributed by atoms with Crippen LogP contribution in [0.1, 0.15) is 22.8 Å². The Morgan fingerprint density at radius 1 is 1.16 bits per heavy atom. The van der Waals surface area contributed by atoms with Crippen molar-refractivity contribution in [2.24, 2.45) is 0 Å². The van der Waals surface area contributed by atoms with Gasteiger partial charge in [0.25, 0.3) is 0 Å². The molecule has 0 aliphatic rings. The number of ether oxygens (including phenoxy) is 1. The van der Waals surface area contributed by atoms with Gasteiger partial charge in [0, 0.05) is 5.56 Å². The first kappa shape index (κ1) is 17.2. The molecular weight excluding hydrogens is 336 g/mol. The lowest BCUT2D eigenvalue weighted by atomic mass is 10.1. The minimum Gasteiger partial charge on any atom is -0.494 e. The van der Waals surface area contributed by atoms with E-state index in [2.05, 4.69) is 15.5 Å². The van der Waals surface area contributed by atoms with Gasteiger partial charge in [-0.05, 0) is 60.2 Å². The molecule has 25 heavy (non-hydrogen) atoms. The summed E-state index contributed by atoms with van der Waals surface area (Å²) >= 11 is 1.32.